The van der Waals surface area contributed by atoms with Crippen LogP contribution in [0.2, 0.25) is 5.02 Å². The Labute approximate surface area is 101 Å². The fourth-order valence-corrected chi connectivity index (χ4v) is 2.61. The predicted octanol–water partition coefficient (Wildman–Crippen LogP) is 3.76. The lowest BCUT2D eigenvalue weighted by Crippen LogP contribution is -2.30. The van der Waals surface area contributed by atoms with Gasteiger partial charge in [0.2, 0.25) is 0 Å². The van der Waals surface area contributed by atoms with Gasteiger partial charge in [-0.3, -0.25) is 0 Å². The Morgan fingerprint density at radius 1 is 1.44 bits per heavy atom. The first-order valence-corrected chi connectivity index (χ1v) is 6.22. The molecule has 2 rings (SSSR count). The van der Waals surface area contributed by atoms with Crippen LogP contribution in [0, 0.1) is 11.7 Å². The highest BCUT2D eigenvalue weighted by Gasteiger charge is 2.23. The lowest BCUT2D eigenvalue weighted by Gasteiger charge is -2.18. The van der Waals surface area contributed by atoms with E-state index in [0.717, 1.165) is 0 Å². The minimum atomic E-state index is -0.217. The van der Waals surface area contributed by atoms with Gasteiger partial charge in [0, 0.05) is 23.2 Å². The molecule has 2 unspecified atom stereocenters. The summed E-state index contributed by atoms with van der Waals surface area (Å²) in [7, 11) is 0. The zero-order valence-electron chi connectivity index (χ0n) is 9.47. The molecule has 1 aromatic carbocycles. The summed E-state index contributed by atoms with van der Waals surface area (Å²) < 4.78 is 13.5. The van der Waals surface area contributed by atoms with Crippen molar-refractivity contribution in [2.24, 2.45) is 5.92 Å². The third kappa shape index (κ3) is 2.55. The van der Waals surface area contributed by atoms with Gasteiger partial charge in [-0.05, 0) is 30.9 Å². The summed E-state index contributed by atoms with van der Waals surface area (Å²) in [5.74, 6) is 0.469. The summed E-state index contributed by atoms with van der Waals surface area (Å²) in [6, 6.07) is 5.34. The van der Waals surface area contributed by atoms with Crippen LogP contribution in [0.4, 0.5) is 4.39 Å². The van der Waals surface area contributed by atoms with Crippen molar-refractivity contribution in [2.75, 3.05) is 0 Å². The van der Waals surface area contributed by atoms with Crippen LogP contribution < -0.4 is 5.32 Å². The molecule has 1 N–H and O–H groups in total. The van der Waals surface area contributed by atoms with Gasteiger partial charge in [0.05, 0.1) is 0 Å². The monoisotopic (exact) mass is 241 g/mol. The van der Waals surface area contributed by atoms with Crippen LogP contribution in [0.1, 0.15) is 31.7 Å². The van der Waals surface area contributed by atoms with Crippen molar-refractivity contribution in [1.29, 1.82) is 0 Å². The fraction of sp³-hybridized carbons (Fsp3) is 0.538. The zero-order chi connectivity index (χ0) is 11.5. The van der Waals surface area contributed by atoms with Crippen LogP contribution in [-0.2, 0) is 6.54 Å². The average Bonchev–Trinajstić information content (AvgIpc) is 2.64. The predicted molar refractivity (Wildman–Crippen MR) is 65.1 cm³/mol. The Balaban J connectivity index is 1.99. The number of benzene rings is 1. The molecule has 1 aliphatic carbocycles. The van der Waals surface area contributed by atoms with Gasteiger partial charge in [0.1, 0.15) is 5.82 Å². The van der Waals surface area contributed by atoms with Gasteiger partial charge in [0.25, 0.3) is 0 Å². The van der Waals surface area contributed by atoms with E-state index in [-0.39, 0.29) is 5.82 Å². The first-order valence-electron chi connectivity index (χ1n) is 5.84. The molecule has 16 heavy (non-hydrogen) atoms. The molecule has 0 bridgehead atoms. The van der Waals surface area contributed by atoms with Crippen LogP contribution in [0.15, 0.2) is 18.2 Å². The molecular formula is C13H17ClFN. The van der Waals surface area contributed by atoms with E-state index in [1.165, 1.54) is 25.3 Å². The van der Waals surface area contributed by atoms with Gasteiger partial charge in [-0.1, -0.05) is 31.0 Å². The lowest BCUT2D eigenvalue weighted by molar-refractivity contribution is 0.421. The van der Waals surface area contributed by atoms with Crippen LogP contribution >= 0.6 is 11.6 Å². The molecule has 1 nitrogen and oxygen atoms in total. The molecule has 0 saturated heterocycles. The van der Waals surface area contributed by atoms with Crippen molar-refractivity contribution >= 4 is 11.6 Å². The molecule has 0 heterocycles. The Morgan fingerprint density at radius 2 is 2.25 bits per heavy atom. The van der Waals surface area contributed by atoms with Crippen LogP contribution in [0.25, 0.3) is 0 Å². The molecule has 0 aromatic heterocycles. The van der Waals surface area contributed by atoms with E-state index in [1.54, 1.807) is 12.1 Å². The van der Waals surface area contributed by atoms with Crippen molar-refractivity contribution < 1.29 is 4.39 Å². The molecule has 3 heteroatoms. The maximum Gasteiger partial charge on any atom is 0.129 e. The molecular weight excluding hydrogens is 225 g/mol. The van der Waals surface area contributed by atoms with E-state index < -0.39 is 0 Å². The number of rotatable bonds is 3. The van der Waals surface area contributed by atoms with E-state index in [1.807, 2.05) is 0 Å². The molecule has 0 aliphatic heterocycles. The standard InChI is InChI=1S/C13H17ClFN/c1-9-4-2-7-13(9)16-8-10-11(14)5-3-6-12(10)15/h3,5-6,9,13,16H,2,4,7-8H2,1H3. The minimum absolute atomic E-state index is 0.217. The third-order valence-corrected chi connectivity index (χ3v) is 3.82. The van der Waals surface area contributed by atoms with E-state index in [0.29, 0.717) is 29.1 Å². The van der Waals surface area contributed by atoms with Gasteiger partial charge in [0.15, 0.2) is 0 Å². The Kier molecular flexibility index (Phi) is 3.82. The zero-order valence-corrected chi connectivity index (χ0v) is 10.2. The third-order valence-electron chi connectivity index (χ3n) is 3.46. The summed E-state index contributed by atoms with van der Waals surface area (Å²) in [6.45, 7) is 2.77. The van der Waals surface area contributed by atoms with Gasteiger partial charge in [-0.25, -0.2) is 4.39 Å². The second-order valence-corrected chi connectivity index (χ2v) is 5.00. The molecule has 0 spiro atoms. The highest BCUT2D eigenvalue weighted by atomic mass is 35.5. The summed E-state index contributed by atoms with van der Waals surface area (Å²) >= 11 is 5.97. The van der Waals surface area contributed by atoms with E-state index >= 15 is 0 Å². The molecule has 0 amide bonds. The van der Waals surface area contributed by atoms with Crippen LogP contribution in [0.5, 0.6) is 0 Å². The Morgan fingerprint density at radius 3 is 2.88 bits per heavy atom. The second-order valence-electron chi connectivity index (χ2n) is 4.60. The van der Waals surface area contributed by atoms with Gasteiger partial charge in [-0.15, -0.1) is 0 Å². The minimum Gasteiger partial charge on any atom is -0.309 e. The van der Waals surface area contributed by atoms with Gasteiger partial charge < -0.3 is 5.32 Å². The SMILES string of the molecule is CC1CCCC1NCc1c(F)cccc1Cl. The summed E-state index contributed by atoms with van der Waals surface area (Å²) in [6.07, 6.45) is 3.72. The highest BCUT2D eigenvalue weighted by Crippen LogP contribution is 2.26. The largest absolute Gasteiger partial charge is 0.309 e. The van der Waals surface area contributed by atoms with Gasteiger partial charge >= 0.3 is 0 Å². The van der Waals surface area contributed by atoms with Crippen LogP contribution in [0.3, 0.4) is 0 Å². The molecule has 1 aromatic rings. The van der Waals surface area contributed by atoms with Crippen molar-refractivity contribution in [3.05, 3.63) is 34.6 Å². The molecule has 1 fully saturated rings. The summed E-state index contributed by atoms with van der Waals surface area (Å²) in [5, 5.41) is 3.92. The summed E-state index contributed by atoms with van der Waals surface area (Å²) in [4.78, 5) is 0. The highest BCUT2D eigenvalue weighted by molar-refractivity contribution is 6.31. The molecule has 2 atom stereocenters. The number of hydrogen-bond donors (Lipinski definition) is 1. The van der Waals surface area contributed by atoms with Crippen molar-refractivity contribution in [3.8, 4) is 0 Å². The first-order chi connectivity index (χ1) is 7.68. The lowest BCUT2D eigenvalue weighted by atomic mass is 10.1. The average molecular weight is 242 g/mol. The Hall–Kier alpha value is -0.600. The Bertz CT molecular complexity index is 347. The molecule has 1 aliphatic rings. The number of nitrogens with one attached hydrogen (secondary N) is 1. The second kappa shape index (κ2) is 5.15. The van der Waals surface area contributed by atoms with Crippen molar-refractivity contribution in [1.82, 2.24) is 5.32 Å². The molecule has 1 saturated carbocycles. The molecule has 88 valence electrons. The topological polar surface area (TPSA) is 12.0 Å². The van der Waals surface area contributed by atoms with Crippen molar-refractivity contribution in [3.63, 3.8) is 0 Å². The maximum atomic E-state index is 13.5. The van der Waals surface area contributed by atoms with E-state index in [9.17, 15) is 4.39 Å². The quantitative estimate of drug-likeness (QED) is 0.850. The van der Waals surface area contributed by atoms with E-state index in [2.05, 4.69) is 12.2 Å². The number of halogens is 2. The normalized spacial score (nSPS) is 24.9. The van der Waals surface area contributed by atoms with Crippen LogP contribution in [-0.4, -0.2) is 6.04 Å². The van der Waals surface area contributed by atoms with E-state index in [4.69, 9.17) is 11.6 Å². The number of hydrogen-bond acceptors (Lipinski definition) is 1. The maximum absolute atomic E-state index is 13.5. The first kappa shape index (κ1) is 11.9. The molecule has 0 radical (unpaired) electrons. The smallest absolute Gasteiger partial charge is 0.129 e. The summed E-state index contributed by atoms with van der Waals surface area (Å²) in [5.41, 5.74) is 0.586. The fourth-order valence-electron chi connectivity index (χ4n) is 2.38. The van der Waals surface area contributed by atoms with Gasteiger partial charge in [-0.2, -0.15) is 0 Å². The van der Waals surface area contributed by atoms with Crippen molar-refractivity contribution in [2.45, 2.75) is 38.8 Å².